The van der Waals surface area contributed by atoms with E-state index in [1.165, 1.54) is 12.1 Å². The van der Waals surface area contributed by atoms with Crippen molar-refractivity contribution in [1.82, 2.24) is 10.2 Å². The van der Waals surface area contributed by atoms with E-state index in [4.69, 9.17) is 5.73 Å². The molecular weight excluding hydrogens is 257 g/mol. The van der Waals surface area contributed by atoms with Gasteiger partial charge in [0.2, 0.25) is 0 Å². The smallest absolute Gasteiger partial charge is 0.251 e. The van der Waals surface area contributed by atoms with Crippen LogP contribution in [0.3, 0.4) is 0 Å². The van der Waals surface area contributed by atoms with Gasteiger partial charge in [0.05, 0.1) is 0 Å². The molecule has 1 fully saturated rings. The summed E-state index contributed by atoms with van der Waals surface area (Å²) >= 11 is 0. The third kappa shape index (κ3) is 3.77. The van der Waals surface area contributed by atoms with E-state index >= 15 is 0 Å². The zero-order valence-electron chi connectivity index (χ0n) is 11.9. The minimum atomic E-state index is -0.281. The molecule has 1 amide bonds. The lowest BCUT2D eigenvalue weighted by atomic mass is 10.0. The van der Waals surface area contributed by atoms with Gasteiger partial charge >= 0.3 is 0 Å². The number of rotatable bonds is 4. The van der Waals surface area contributed by atoms with Gasteiger partial charge in [0.15, 0.2) is 0 Å². The fraction of sp³-hybridized carbons (Fsp3) is 0.533. The van der Waals surface area contributed by atoms with Crippen molar-refractivity contribution in [2.75, 3.05) is 26.2 Å². The summed E-state index contributed by atoms with van der Waals surface area (Å²) in [6.45, 7) is 5.18. The highest BCUT2D eigenvalue weighted by atomic mass is 19.1. The monoisotopic (exact) mass is 279 g/mol. The first-order chi connectivity index (χ1) is 9.60. The first kappa shape index (κ1) is 14.9. The number of nitrogens with zero attached hydrogens (tertiary/aromatic N) is 1. The number of carbonyl (C=O) groups is 1. The molecule has 0 saturated carbocycles. The maximum atomic E-state index is 13.2. The number of aryl methyl sites for hydroxylation is 1. The summed E-state index contributed by atoms with van der Waals surface area (Å²) in [5.41, 5.74) is 6.55. The Morgan fingerprint density at radius 1 is 1.45 bits per heavy atom. The van der Waals surface area contributed by atoms with Crippen LogP contribution in [0.1, 0.15) is 28.8 Å². The van der Waals surface area contributed by atoms with Gasteiger partial charge in [-0.3, -0.25) is 4.79 Å². The summed E-state index contributed by atoms with van der Waals surface area (Å²) in [5.74, 6) is -0.401. The van der Waals surface area contributed by atoms with Gasteiger partial charge in [-0.25, -0.2) is 4.39 Å². The van der Waals surface area contributed by atoms with Gasteiger partial charge in [-0.15, -0.1) is 0 Å². The average molecular weight is 279 g/mol. The molecule has 4 nitrogen and oxygen atoms in total. The molecule has 110 valence electrons. The van der Waals surface area contributed by atoms with E-state index in [9.17, 15) is 9.18 Å². The third-order valence-corrected chi connectivity index (χ3v) is 3.79. The molecule has 3 N–H and O–H groups in total. The number of halogens is 1. The van der Waals surface area contributed by atoms with Crippen LogP contribution in [0.2, 0.25) is 0 Å². The number of nitrogens with one attached hydrogen (secondary N) is 1. The first-order valence-electron chi connectivity index (χ1n) is 7.09. The summed E-state index contributed by atoms with van der Waals surface area (Å²) in [7, 11) is 0. The van der Waals surface area contributed by atoms with Crippen molar-refractivity contribution in [1.29, 1.82) is 0 Å². The maximum absolute atomic E-state index is 13.2. The number of piperidine rings is 1. The molecule has 0 spiro atoms. The summed E-state index contributed by atoms with van der Waals surface area (Å²) in [4.78, 5) is 14.4. The quantitative estimate of drug-likeness (QED) is 0.873. The predicted molar refractivity (Wildman–Crippen MR) is 77.1 cm³/mol. The minimum absolute atomic E-state index is 0.120. The molecule has 1 aromatic carbocycles. The second kappa shape index (κ2) is 6.81. The van der Waals surface area contributed by atoms with Gasteiger partial charge in [-0.2, -0.15) is 0 Å². The molecule has 1 aliphatic heterocycles. The van der Waals surface area contributed by atoms with Crippen LogP contribution in [0.15, 0.2) is 18.2 Å². The topological polar surface area (TPSA) is 58.4 Å². The highest BCUT2D eigenvalue weighted by Crippen LogP contribution is 2.13. The number of amides is 1. The zero-order chi connectivity index (χ0) is 14.5. The number of benzene rings is 1. The van der Waals surface area contributed by atoms with Crippen molar-refractivity contribution in [2.24, 2.45) is 5.73 Å². The standard InChI is InChI=1S/C15H22FN3O/c1-11-10-12(2-3-14(11)16)15(20)18-13-4-7-19(8-5-13)9-6-17/h2-3,10,13H,4-9,17H2,1H3,(H,18,20). The molecule has 20 heavy (non-hydrogen) atoms. The molecule has 0 atom stereocenters. The molecule has 0 unspecified atom stereocenters. The van der Waals surface area contributed by atoms with E-state index in [2.05, 4.69) is 10.2 Å². The van der Waals surface area contributed by atoms with E-state index < -0.39 is 0 Å². The highest BCUT2D eigenvalue weighted by molar-refractivity contribution is 5.94. The molecule has 1 aromatic rings. The maximum Gasteiger partial charge on any atom is 0.251 e. The van der Waals surface area contributed by atoms with Crippen LogP contribution >= 0.6 is 0 Å². The van der Waals surface area contributed by atoms with Gasteiger partial charge in [0.1, 0.15) is 5.82 Å². The van der Waals surface area contributed by atoms with E-state index in [1.807, 2.05) is 0 Å². The fourth-order valence-corrected chi connectivity index (χ4v) is 2.54. The largest absolute Gasteiger partial charge is 0.349 e. The SMILES string of the molecule is Cc1cc(C(=O)NC2CCN(CCN)CC2)ccc1F. The zero-order valence-corrected chi connectivity index (χ0v) is 11.9. The van der Waals surface area contributed by atoms with Crippen molar-refractivity contribution >= 4 is 5.91 Å². The lowest BCUT2D eigenvalue weighted by Crippen LogP contribution is -2.45. The fourth-order valence-electron chi connectivity index (χ4n) is 2.54. The van der Waals surface area contributed by atoms with Crippen molar-refractivity contribution in [3.8, 4) is 0 Å². The molecule has 1 heterocycles. The van der Waals surface area contributed by atoms with Crippen LogP contribution in [0.25, 0.3) is 0 Å². The first-order valence-corrected chi connectivity index (χ1v) is 7.09. The second-order valence-electron chi connectivity index (χ2n) is 5.34. The molecule has 2 rings (SSSR count). The number of hydrogen-bond donors (Lipinski definition) is 2. The van der Waals surface area contributed by atoms with Gasteiger partial charge in [0.25, 0.3) is 5.91 Å². The normalized spacial score (nSPS) is 17.1. The van der Waals surface area contributed by atoms with E-state index in [0.717, 1.165) is 32.5 Å². The highest BCUT2D eigenvalue weighted by Gasteiger charge is 2.20. The van der Waals surface area contributed by atoms with Crippen molar-refractivity contribution in [2.45, 2.75) is 25.8 Å². The Balaban J connectivity index is 1.87. The Labute approximate surface area is 119 Å². The van der Waals surface area contributed by atoms with Crippen LogP contribution < -0.4 is 11.1 Å². The van der Waals surface area contributed by atoms with E-state index in [-0.39, 0.29) is 17.8 Å². The number of hydrogen-bond acceptors (Lipinski definition) is 3. The van der Waals surface area contributed by atoms with E-state index in [1.54, 1.807) is 13.0 Å². The molecule has 1 saturated heterocycles. The predicted octanol–water partition coefficient (Wildman–Crippen LogP) is 1.29. The van der Waals surface area contributed by atoms with Crippen LogP contribution in [-0.2, 0) is 0 Å². The van der Waals surface area contributed by atoms with Gasteiger partial charge in [0, 0.05) is 37.8 Å². The molecule has 5 heteroatoms. The molecule has 0 radical (unpaired) electrons. The van der Waals surface area contributed by atoms with Gasteiger partial charge < -0.3 is 16.0 Å². The van der Waals surface area contributed by atoms with Gasteiger partial charge in [-0.05, 0) is 43.5 Å². The van der Waals surface area contributed by atoms with E-state index in [0.29, 0.717) is 17.7 Å². The van der Waals surface area contributed by atoms with Crippen LogP contribution in [0.5, 0.6) is 0 Å². The van der Waals surface area contributed by atoms with Crippen molar-refractivity contribution in [3.63, 3.8) is 0 Å². The Bertz CT molecular complexity index is 470. The second-order valence-corrected chi connectivity index (χ2v) is 5.34. The third-order valence-electron chi connectivity index (χ3n) is 3.79. The Morgan fingerprint density at radius 2 is 2.15 bits per heavy atom. The Kier molecular flexibility index (Phi) is 5.09. The summed E-state index contributed by atoms with van der Waals surface area (Å²) in [5, 5.41) is 3.03. The van der Waals surface area contributed by atoms with Crippen molar-refractivity contribution in [3.05, 3.63) is 35.1 Å². The summed E-state index contributed by atoms with van der Waals surface area (Å²) < 4.78 is 13.2. The average Bonchev–Trinajstić information content (AvgIpc) is 2.44. The van der Waals surface area contributed by atoms with Crippen molar-refractivity contribution < 1.29 is 9.18 Å². The minimum Gasteiger partial charge on any atom is -0.349 e. The number of likely N-dealkylation sites (tertiary alicyclic amines) is 1. The molecule has 1 aliphatic rings. The summed E-state index contributed by atoms with van der Waals surface area (Å²) in [6.07, 6.45) is 1.87. The lowest BCUT2D eigenvalue weighted by Gasteiger charge is -2.32. The van der Waals surface area contributed by atoms with Crippen LogP contribution in [0.4, 0.5) is 4.39 Å². The Morgan fingerprint density at radius 3 is 2.75 bits per heavy atom. The lowest BCUT2D eigenvalue weighted by molar-refractivity contribution is 0.0912. The molecule has 0 aromatic heterocycles. The molecule has 0 aliphatic carbocycles. The Hall–Kier alpha value is -1.46. The van der Waals surface area contributed by atoms with Crippen LogP contribution in [0, 0.1) is 12.7 Å². The summed E-state index contributed by atoms with van der Waals surface area (Å²) in [6, 6.07) is 4.66. The van der Waals surface area contributed by atoms with Gasteiger partial charge in [-0.1, -0.05) is 0 Å². The van der Waals surface area contributed by atoms with Crippen LogP contribution in [-0.4, -0.2) is 43.0 Å². The molecular formula is C15H22FN3O. The molecule has 0 bridgehead atoms. The number of nitrogens with two attached hydrogens (primary N) is 1. The number of carbonyl (C=O) groups excluding carboxylic acids is 1.